The van der Waals surface area contributed by atoms with Gasteiger partial charge in [0.15, 0.2) is 0 Å². The second-order valence-corrected chi connectivity index (χ2v) is 4.88. The number of nitro groups is 1. The highest BCUT2D eigenvalue weighted by Crippen LogP contribution is 2.32. The minimum atomic E-state index is -0.667. The summed E-state index contributed by atoms with van der Waals surface area (Å²) in [6.07, 6.45) is 5.48. The Morgan fingerprint density at radius 3 is 2.67 bits per heavy atom. The molecule has 1 amide bonds. The molecule has 0 aliphatic carbocycles. The van der Waals surface area contributed by atoms with Crippen molar-refractivity contribution in [3.8, 4) is 0 Å². The van der Waals surface area contributed by atoms with Gasteiger partial charge < -0.3 is 4.90 Å². The molecule has 6 heteroatoms. The number of fused-ring (bicyclic) bond motifs is 1. The van der Waals surface area contributed by atoms with Gasteiger partial charge in [-0.05, 0) is 25.3 Å². The first-order valence-corrected chi connectivity index (χ1v) is 6.81. The Morgan fingerprint density at radius 1 is 1.24 bits per heavy atom. The zero-order chi connectivity index (χ0) is 15.4. The van der Waals surface area contributed by atoms with Crippen LogP contribution in [0, 0.1) is 10.1 Å². The van der Waals surface area contributed by atoms with E-state index in [1.54, 1.807) is 0 Å². The average molecular weight is 288 g/mol. The van der Waals surface area contributed by atoms with Crippen LogP contribution in [0.4, 0.5) is 11.4 Å². The Morgan fingerprint density at radius 2 is 2.00 bits per heavy atom. The third-order valence-electron chi connectivity index (χ3n) is 3.46. The Bertz CT molecular complexity index is 610. The predicted molar refractivity (Wildman–Crippen MR) is 78.4 cm³/mol. The van der Waals surface area contributed by atoms with Gasteiger partial charge in [-0.3, -0.25) is 19.7 Å². The molecule has 1 aliphatic heterocycles. The van der Waals surface area contributed by atoms with Crippen molar-refractivity contribution in [2.24, 2.45) is 0 Å². The Kier molecular flexibility index (Phi) is 4.47. The molecule has 1 aromatic rings. The number of hydrogen-bond acceptors (Lipinski definition) is 4. The smallest absolute Gasteiger partial charge is 0.299 e. The third-order valence-corrected chi connectivity index (χ3v) is 3.46. The molecule has 0 radical (unpaired) electrons. The number of Topliss-reactive ketones (excluding diaryl/α,β-unsaturated/α-hetero) is 1. The number of carbonyl (C=O) groups excluding carboxylic acids is 2. The molecule has 0 saturated carbocycles. The number of nitro benzene ring substituents is 1. The van der Waals surface area contributed by atoms with E-state index in [0.29, 0.717) is 12.2 Å². The third kappa shape index (κ3) is 2.99. The molecule has 0 saturated heterocycles. The molecule has 110 valence electrons. The van der Waals surface area contributed by atoms with E-state index in [-0.39, 0.29) is 11.3 Å². The largest absolute Gasteiger partial charge is 0.305 e. The zero-order valence-electron chi connectivity index (χ0n) is 11.6. The van der Waals surface area contributed by atoms with Gasteiger partial charge in [0.2, 0.25) is 0 Å². The number of benzene rings is 1. The molecule has 6 nitrogen and oxygen atoms in total. The summed E-state index contributed by atoms with van der Waals surface area (Å²) in [7, 11) is 0. The predicted octanol–water partition coefficient (Wildman–Crippen LogP) is 2.87. The molecule has 2 rings (SSSR count). The summed E-state index contributed by atoms with van der Waals surface area (Å²) in [5.41, 5.74) is 0.419. The summed E-state index contributed by atoms with van der Waals surface area (Å²) in [4.78, 5) is 35.4. The molecule has 0 atom stereocenters. The van der Waals surface area contributed by atoms with Gasteiger partial charge in [0, 0.05) is 18.7 Å². The lowest BCUT2D eigenvalue weighted by atomic mass is 10.1. The van der Waals surface area contributed by atoms with E-state index >= 15 is 0 Å². The first-order chi connectivity index (χ1) is 10.1. The first-order valence-electron chi connectivity index (χ1n) is 6.81. The lowest BCUT2D eigenvalue weighted by Gasteiger charge is -2.15. The number of rotatable bonds is 7. The van der Waals surface area contributed by atoms with Crippen LogP contribution in [0.15, 0.2) is 30.9 Å². The number of hydrogen-bond donors (Lipinski definition) is 0. The molecular formula is C15H16N2O4. The van der Waals surface area contributed by atoms with Crippen molar-refractivity contribution >= 4 is 23.1 Å². The van der Waals surface area contributed by atoms with Gasteiger partial charge in [-0.2, -0.15) is 0 Å². The number of ketones is 1. The average Bonchev–Trinajstić information content (AvgIpc) is 2.71. The van der Waals surface area contributed by atoms with Gasteiger partial charge >= 0.3 is 0 Å². The van der Waals surface area contributed by atoms with E-state index in [9.17, 15) is 19.7 Å². The Balaban J connectivity index is 2.12. The van der Waals surface area contributed by atoms with Gasteiger partial charge in [-0.1, -0.05) is 12.5 Å². The number of amides is 1. The fraction of sp³-hybridized carbons (Fsp3) is 0.333. The van der Waals surface area contributed by atoms with Crippen molar-refractivity contribution in [2.75, 3.05) is 11.4 Å². The fourth-order valence-electron chi connectivity index (χ4n) is 2.36. The van der Waals surface area contributed by atoms with E-state index in [4.69, 9.17) is 0 Å². The van der Waals surface area contributed by atoms with E-state index in [1.807, 2.05) is 6.08 Å². The molecule has 0 unspecified atom stereocenters. The Hall–Kier alpha value is -2.50. The van der Waals surface area contributed by atoms with Crippen molar-refractivity contribution < 1.29 is 14.5 Å². The SMILES string of the molecule is C=CCCCCCN1C(=O)C(=O)c2cc([N+](=O)[O-])ccc21. The number of allylic oxidation sites excluding steroid dienone is 1. The van der Waals surface area contributed by atoms with Crippen LogP contribution in [-0.2, 0) is 4.79 Å². The maximum Gasteiger partial charge on any atom is 0.299 e. The van der Waals surface area contributed by atoms with E-state index < -0.39 is 16.6 Å². The quantitative estimate of drug-likeness (QED) is 0.254. The summed E-state index contributed by atoms with van der Waals surface area (Å²) in [5.74, 6) is -1.27. The van der Waals surface area contributed by atoms with Crippen LogP contribution in [0.5, 0.6) is 0 Å². The van der Waals surface area contributed by atoms with E-state index in [2.05, 4.69) is 6.58 Å². The molecule has 21 heavy (non-hydrogen) atoms. The molecular weight excluding hydrogens is 272 g/mol. The lowest BCUT2D eigenvalue weighted by Crippen LogP contribution is -2.30. The number of nitrogens with zero attached hydrogens (tertiary/aromatic N) is 2. The number of non-ortho nitro benzene ring substituents is 1. The highest BCUT2D eigenvalue weighted by molar-refractivity contribution is 6.52. The topological polar surface area (TPSA) is 80.5 Å². The van der Waals surface area contributed by atoms with Gasteiger partial charge in [-0.15, -0.1) is 6.58 Å². The molecule has 0 N–H and O–H groups in total. The number of carbonyl (C=O) groups is 2. The molecule has 0 aromatic heterocycles. The van der Waals surface area contributed by atoms with Crippen LogP contribution >= 0.6 is 0 Å². The number of unbranched alkanes of at least 4 members (excludes halogenated alkanes) is 3. The van der Waals surface area contributed by atoms with Crippen molar-refractivity contribution in [3.63, 3.8) is 0 Å². The molecule has 1 aromatic carbocycles. The standard InChI is InChI=1S/C15H16N2O4/c1-2-3-4-5-6-9-16-13-8-7-11(17(20)21)10-12(13)14(18)15(16)19/h2,7-8,10H,1,3-6,9H2. The highest BCUT2D eigenvalue weighted by atomic mass is 16.6. The zero-order valence-corrected chi connectivity index (χ0v) is 11.6. The van der Waals surface area contributed by atoms with Crippen molar-refractivity contribution in [3.05, 3.63) is 46.5 Å². The second-order valence-electron chi connectivity index (χ2n) is 4.88. The van der Waals surface area contributed by atoms with Gasteiger partial charge in [-0.25, -0.2) is 0 Å². The molecule has 0 spiro atoms. The summed E-state index contributed by atoms with van der Waals surface area (Å²) >= 11 is 0. The van der Waals surface area contributed by atoms with Crippen LogP contribution in [0.3, 0.4) is 0 Å². The monoisotopic (exact) mass is 288 g/mol. The Labute approximate surface area is 122 Å². The summed E-state index contributed by atoms with van der Waals surface area (Å²) < 4.78 is 0. The van der Waals surface area contributed by atoms with E-state index in [0.717, 1.165) is 25.7 Å². The first kappa shape index (κ1) is 14.9. The molecule has 0 bridgehead atoms. The molecule has 0 fully saturated rings. The lowest BCUT2D eigenvalue weighted by molar-refractivity contribution is -0.384. The van der Waals surface area contributed by atoms with Crippen LogP contribution in [-0.4, -0.2) is 23.2 Å². The minimum Gasteiger partial charge on any atom is -0.305 e. The van der Waals surface area contributed by atoms with Crippen LogP contribution < -0.4 is 4.90 Å². The molecule has 1 heterocycles. The second kappa shape index (κ2) is 6.30. The highest BCUT2D eigenvalue weighted by Gasteiger charge is 2.36. The fourth-order valence-corrected chi connectivity index (χ4v) is 2.36. The normalized spacial score (nSPS) is 13.4. The van der Waals surface area contributed by atoms with Crippen molar-refractivity contribution in [2.45, 2.75) is 25.7 Å². The van der Waals surface area contributed by atoms with Crippen LogP contribution in [0.2, 0.25) is 0 Å². The molecule has 1 aliphatic rings. The van der Waals surface area contributed by atoms with Crippen LogP contribution in [0.1, 0.15) is 36.0 Å². The van der Waals surface area contributed by atoms with Gasteiger partial charge in [0.1, 0.15) is 0 Å². The summed E-state index contributed by atoms with van der Waals surface area (Å²) in [6, 6.07) is 3.96. The van der Waals surface area contributed by atoms with Crippen LogP contribution in [0.25, 0.3) is 0 Å². The van der Waals surface area contributed by atoms with Crippen molar-refractivity contribution in [1.29, 1.82) is 0 Å². The number of anilines is 1. The maximum atomic E-state index is 12.0. The van der Waals surface area contributed by atoms with E-state index in [1.165, 1.54) is 23.1 Å². The maximum absolute atomic E-state index is 12.0. The van der Waals surface area contributed by atoms with Gasteiger partial charge in [0.05, 0.1) is 16.2 Å². The van der Waals surface area contributed by atoms with Crippen molar-refractivity contribution in [1.82, 2.24) is 0 Å². The summed E-state index contributed by atoms with van der Waals surface area (Å²) in [6.45, 7) is 4.10. The summed E-state index contributed by atoms with van der Waals surface area (Å²) in [5, 5.41) is 10.7. The minimum absolute atomic E-state index is 0.125. The van der Waals surface area contributed by atoms with Gasteiger partial charge in [0.25, 0.3) is 17.4 Å².